The van der Waals surface area contributed by atoms with Gasteiger partial charge in [0.1, 0.15) is 0 Å². The minimum Gasteiger partial charge on any atom is -0.309 e. The lowest BCUT2D eigenvalue weighted by molar-refractivity contribution is -0.119. The summed E-state index contributed by atoms with van der Waals surface area (Å²) in [6.07, 6.45) is 3.69. The molecule has 1 atom stereocenters. The van der Waals surface area contributed by atoms with E-state index >= 15 is 0 Å². The topological polar surface area (TPSA) is 38.1 Å². The van der Waals surface area contributed by atoms with Gasteiger partial charge in [-0.2, -0.15) is 5.10 Å². The smallest absolute Gasteiger partial charge is 0.234 e. The second kappa shape index (κ2) is 5.47. The molecule has 0 radical (unpaired) electrons. The van der Waals surface area contributed by atoms with E-state index in [4.69, 9.17) is 0 Å². The van der Waals surface area contributed by atoms with Gasteiger partial charge in [0.05, 0.1) is 17.8 Å². The standard InChI is InChI=1S/C17H21N3OS/c1-12(13-9-18-19(4)10-13)16(21)20-11-17(2,3)22-15-8-6-5-7-14(15)20/h5-10,12H,11H2,1-4H3/t12-/m0/s1. The molecular formula is C17H21N3OS. The highest BCUT2D eigenvalue weighted by molar-refractivity contribution is 8.00. The summed E-state index contributed by atoms with van der Waals surface area (Å²) in [6, 6.07) is 8.15. The van der Waals surface area contributed by atoms with E-state index in [1.54, 1.807) is 10.9 Å². The van der Waals surface area contributed by atoms with Gasteiger partial charge in [-0.15, -0.1) is 11.8 Å². The van der Waals surface area contributed by atoms with Crippen molar-refractivity contribution in [2.45, 2.75) is 36.3 Å². The van der Waals surface area contributed by atoms with Crippen molar-refractivity contribution in [2.75, 3.05) is 11.4 Å². The molecule has 0 unspecified atom stereocenters. The number of rotatable bonds is 2. The number of hydrogen-bond acceptors (Lipinski definition) is 3. The first-order valence-electron chi connectivity index (χ1n) is 7.45. The number of aryl methyl sites for hydroxylation is 1. The van der Waals surface area contributed by atoms with E-state index in [1.807, 2.05) is 55.0 Å². The fraction of sp³-hybridized carbons (Fsp3) is 0.412. The third kappa shape index (κ3) is 2.77. The summed E-state index contributed by atoms with van der Waals surface area (Å²) in [4.78, 5) is 16.1. The van der Waals surface area contributed by atoms with Gasteiger partial charge >= 0.3 is 0 Å². The molecular weight excluding hydrogens is 294 g/mol. The third-order valence-corrected chi connectivity index (χ3v) is 5.19. The lowest BCUT2D eigenvalue weighted by atomic mass is 10.0. The van der Waals surface area contributed by atoms with E-state index in [2.05, 4.69) is 25.0 Å². The molecule has 4 nitrogen and oxygen atoms in total. The molecule has 0 fully saturated rings. The van der Waals surface area contributed by atoms with Crippen LogP contribution in [0.25, 0.3) is 0 Å². The van der Waals surface area contributed by atoms with Crippen molar-refractivity contribution in [1.82, 2.24) is 9.78 Å². The molecule has 22 heavy (non-hydrogen) atoms. The van der Waals surface area contributed by atoms with Crippen molar-refractivity contribution in [3.8, 4) is 0 Å². The van der Waals surface area contributed by atoms with E-state index < -0.39 is 0 Å². The summed E-state index contributed by atoms with van der Waals surface area (Å²) in [7, 11) is 1.87. The number of carbonyl (C=O) groups is 1. The SMILES string of the molecule is C[C@H](C(=O)N1CC(C)(C)Sc2ccccc21)c1cnn(C)c1. The molecule has 2 heterocycles. The average molecular weight is 315 g/mol. The Kier molecular flexibility index (Phi) is 3.77. The normalized spacial score (nSPS) is 17.9. The van der Waals surface area contributed by atoms with Gasteiger partial charge in [0.2, 0.25) is 5.91 Å². The van der Waals surface area contributed by atoms with Crippen LogP contribution in [0.5, 0.6) is 0 Å². The highest BCUT2D eigenvalue weighted by Crippen LogP contribution is 2.44. The molecule has 1 aromatic carbocycles. The van der Waals surface area contributed by atoms with Crippen LogP contribution in [0.2, 0.25) is 0 Å². The number of hydrogen-bond donors (Lipinski definition) is 0. The van der Waals surface area contributed by atoms with Crippen LogP contribution < -0.4 is 4.90 Å². The summed E-state index contributed by atoms with van der Waals surface area (Å²) in [5.74, 6) is -0.0607. The van der Waals surface area contributed by atoms with Crippen molar-refractivity contribution in [1.29, 1.82) is 0 Å². The summed E-state index contributed by atoms with van der Waals surface area (Å²) in [5, 5.41) is 4.18. The number of amides is 1. The number of anilines is 1. The maximum absolute atomic E-state index is 13.0. The molecule has 0 bridgehead atoms. The summed E-state index contributed by atoms with van der Waals surface area (Å²) in [6.45, 7) is 7.04. The van der Waals surface area contributed by atoms with Crippen molar-refractivity contribution < 1.29 is 4.79 Å². The molecule has 2 aromatic rings. The molecule has 0 saturated heterocycles. The van der Waals surface area contributed by atoms with Gasteiger partial charge in [0.15, 0.2) is 0 Å². The zero-order valence-corrected chi connectivity index (χ0v) is 14.2. The maximum Gasteiger partial charge on any atom is 0.234 e. The molecule has 0 spiro atoms. The Hall–Kier alpha value is -1.75. The molecule has 0 aliphatic carbocycles. The average Bonchev–Trinajstić information content (AvgIpc) is 2.90. The molecule has 5 heteroatoms. The van der Waals surface area contributed by atoms with E-state index in [1.165, 1.54) is 4.90 Å². The monoisotopic (exact) mass is 315 g/mol. The van der Waals surface area contributed by atoms with Gasteiger partial charge in [-0.05, 0) is 32.9 Å². The summed E-state index contributed by atoms with van der Waals surface area (Å²) < 4.78 is 1.75. The largest absolute Gasteiger partial charge is 0.309 e. The maximum atomic E-state index is 13.0. The minimum absolute atomic E-state index is 0.0126. The first-order valence-corrected chi connectivity index (χ1v) is 8.27. The van der Waals surface area contributed by atoms with Crippen LogP contribution in [0.4, 0.5) is 5.69 Å². The molecule has 1 aromatic heterocycles. The van der Waals surface area contributed by atoms with Crippen LogP contribution in [-0.4, -0.2) is 27.0 Å². The second-order valence-corrected chi connectivity index (χ2v) is 8.17. The van der Waals surface area contributed by atoms with Crippen LogP contribution in [-0.2, 0) is 11.8 Å². The van der Waals surface area contributed by atoms with Gasteiger partial charge in [0, 0.05) is 35.0 Å². The van der Waals surface area contributed by atoms with Gasteiger partial charge in [-0.1, -0.05) is 12.1 Å². The number of para-hydroxylation sites is 1. The van der Waals surface area contributed by atoms with Crippen molar-refractivity contribution in [2.24, 2.45) is 7.05 Å². The number of fused-ring (bicyclic) bond motifs is 1. The van der Waals surface area contributed by atoms with Crippen molar-refractivity contribution >= 4 is 23.4 Å². The predicted molar refractivity (Wildman–Crippen MR) is 90.4 cm³/mol. The summed E-state index contributed by atoms with van der Waals surface area (Å²) >= 11 is 1.84. The number of thioether (sulfide) groups is 1. The van der Waals surface area contributed by atoms with Crippen molar-refractivity contribution in [3.05, 3.63) is 42.2 Å². The van der Waals surface area contributed by atoms with Crippen molar-refractivity contribution in [3.63, 3.8) is 0 Å². The van der Waals surface area contributed by atoms with Crippen LogP contribution in [0.1, 0.15) is 32.3 Å². The molecule has 0 saturated carbocycles. The number of carbonyl (C=O) groups excluding carboxylic acids is 1. The minimum atomic E-state index is -0.194. The Bertz CT molecular complexity index is 707. The van der Waals surface area contributed by atoms with E-state index in [0.29, 0.717) is 0 Å². The van der Waals surface area contributed by atoms with Crippen LogP contribution in [0.15, 0.2) is 41.6 Å². The van der Waals surface area contributed by atoms with E-state index in [0.717, 1.165) is 17.8 Å². The quantitative estimate of drug-likeness (QED) is 0.852. The van der Waals surface area contributed by atoms with Gasteiger partial charge in [-0.25, -0.2) is 0 Å². The Morgan fingerprint density at radius 2 is 2.09 bits per heavy atom. The Labute approximate surface area is 135 Å². The first-order chi connectivity index (χ1) is 10.4. The van der Waals surface area contributed by atoms with E-state index in [-0.39, 0.29) is 16.6 Å². The molecule has 1 aliphatic rings. The molecule has 1 amide bonds. The Morgan fingerprint density at radius 1 is 1.36 bits per heavy atom. The van der Waals surface area contributed by atoms with E-state index in [9.17, 15) is 4.79 Å². The lowest BCUT2D eigenvalue weighted by Gasteiger charge is -2.39. The fourth-order valence-electron chi connectivity index (χ4n) is 2.80. The summed E-state index contributed by atoms with van der Waals surface area (Å²) in [5.41, 5.74) is 1.98. The third-order valence-electron chi connectivity index (χ3n) is 3.94. The number of aromatic nitrogens is 2. The highest BCUT2D eigenvalue weighted by atomic mass is 32.2. The predicted octanol–water partition coefficient (Wildman–Crippen LogP) is 3.44. The molecule has 1 aliphatic heterocycles. The van der Waals surface area contributed by atoms with Gasteiger partial charge < -0.3 is 4.90 Å². The Balaban J connectivity index is 1.95. The first kappa shape index (κ1) is 15.2. The van der Waals surface area contributed by atoms with Crippen LogP contribution in [0, 0.1) is 0 Å². The Morgan fingerprint density at radius 3 is 2.77 bits per heavy atom. The fourth-order valence-corrected chi connectivity index (χ4v) is 4.02. The van der Waals surface area contributed by atoms with Gasteiger partial charge in [-0.3, -0.25) is 9.48 Å². The zero-order valence-electron chi connectivity index (χ0n) is 13.4. The molecule has 0 N–H and O–H groups in total. The second-order valence-electron chi connectivity index (χ2n) is 6.42. The van der Waals surface area contributed by atoms with Crippen LogP contribution in [0.3, 0.4) is 0 Å². The van der Waals surface area contributed by atoms with Gasteiger partial charge in [0.25, 0.3) is 0 Å². The zero-order chi connectivity index (χ0) is 15.9. The number of nitrogens with zero attached hydrogens (tertiary/aromatic N) is 3. The molecule has 3 rings (SSSR count). The van der Waals surface area contributed by atoms with Crippen LogP contribution >= 0.6 is 11.8 Å². The molecule has 116 valence electrons. The lowest BCUT2D eigenvalue weighted by Crippen LogP contribution is -2.45. The number of benzene rings is 1. The highest BCUT2D eigenvalue weighted by Gasteiger charge is 2.35.